The number of anilines is 2. The van der Waals surface area contributed by atoms with Gasteiger partial charge in [-0.1, -0.05) is 42.5 Å². The molecule has 0 aliphatic rings. The number of hydrogen-bond acceptors (Lipinski definition) is 7. The second-order valence-corrected chi connectivity index (χ2v) is 11.1. The van der Waals surface area contributed by atoms with Crippen LogP contribution in [0.25, 0.3) is 22.0 Å². The zero-order valence-corrected chi connectivity index (χ0v) is 22.5. The summed E-state index contributed by atoms with van der Waals surface area (Å²) in [6.07, 6.45) is 2.15. The summed E-state index contributed by atoms with van der Waals surface area (Å²) in [5, 5.41) is 3.65. The molecule has 0 fully saturated rings. The first kappa shape index (κ1) is 26.6. The number of ether oxygens (including phenoxy) is 1. The SMILES string of the molecule is COc1cccc(Nc2c(C(N)=O)cnc3c(C)cc(S(=O)(=O)c4ccc(-c5ccc(C=O)cc5)cc4)cc23)c1. The first-order chi connectivity index (χ1) is 19.2. The number of methoxy groups -OCH3 is 1. The fraction of sp³-hybridized carbons (Fsp3) is 0.0645. The lowest BCUT2D eigenvalue weighted by atomic mass is 10.0. The Labute approximate surface area is 231 Å². The van der Waals surface area contributed by atoms with Gasteiger partial charge in [0, 0.05) is 28.9 Å². The maximum atomic E-state index is 13.7. The molecule has 0 atom stereocenters. The average Bonchev–Trinajstić information content (AvgIpc) is 2.97. The number of nitrogens with two attached hydrogens (primary N) is 1. The number of carbonyl (C=O) groups excluding carboxylic acids is 2. The minimum absolute atomic E-state index is 0.0534. The molecule has 0 saturated heterocycles. The second-order valence-electron chi connectivity index (χ2n) is 9.17. The van der Waals surface area contributed by atoms with E-state index >= 15 is 0 Å². The van der Waals surface area contributed by atoms with Crippen LogP contribution in [0.3, 0.4) is 0 Å². The summed E-state index contributed by atoms with van der Waals surface area (Å²) in [6, 6.07) is 23.7. The molecule has 1 aromatic heterocycles. The fourth-order valence-corrected chi connectivity index (χ4v) is 5.86. The third-order valence-corrected chi connectivity index (χ3v) is 8.34. The molecule has 3 N–H and O–H groups in total. The number of nitrogens with one attached hydrogen (secondary N) is 1. The number of amides is 1. The van der Waals surface area contributed by atoms with E-state index in [0.717, 1.165) is 17.4 Å². The molecule has 0 aliphatic carbocycles. The predicted molar refractivity (Wildman–Crippen MR) is 154 cm³/mol. The molecule has 0 saturated carbocycles. The highest BCUT2D eigenvalue weighted by Crippen LogP contribution is 2.35. The highest BCUT2D eigenvalue weighted by atomic mass is 32.2. The lowest BCUT2D eigenvalue weighted by Crippen LogP contribution is -2.14. The number of primary amides is 1. The number of sulfone groups is 1. The van der Waals surface area contributed by atoms with Crippen molar-refractivity contribution < 1.29 is 22.7 Å². The number of carbonyl (C=O) groups is 2. The molecule has 1 amide bonds. The van der Waals surface area contributed by atoms with Crippen molar-refractivity contribution in [3.8, 4) is 16.9 Å². The van der Waals surface area contributed by atoms with Crippen LogP contribution in [0.1, 0.15) is 26.3 Å². The molecule has 5 aromatic rings. The van der Waals surface area contributed by atoms with Crippen molar-refractivity contribution in [2.24, 2.45) is 5.73 Å². The minimum Gasteiger partial charge on any atom is -0.497 e. The standard InChI is InChI=1S/C31H25N3O5S/c1-19-14-26(40(37,38)25-12-10-22(11-13-25)21-8-6-20(18-35)7-9-21)16-27-29(19)33-17-28(31(32)36)30(27)34-23-4-3-5-24(15-23)39-2/h3-18H,1-2H3,(H2,32,36)(H,33,34). The number of fused-ring (bicyclic) bond motifs is 1. The highest BCUT2D eigenvalue weighted by molar-refractivity contribution is 7.91. The normalized spacial score (nSPS) is 11.2. The van der Waals surface area contributed by atoms with Crippen molar-refractivity contribution in [2.75, 3.05) is 12.4 Å². The number of rotatable bonds is 8. The number of hydrogen-bond donors (Lipinski definition) is 2. The Balaban J connectivity index is 1.60. The maximum absolute atomic E-state index is 13.7. The third kappa shape index (κ3) is 5.02. The summed E-state index contributed by atoms with van der Waals surface area (Å²) in [5.74, 6) is -0.103. The van der Waals surface area contributed by atoms with Gasteiger partial charge in [0.25, 0.3) is 5.91 Å². The van der Waals surface area contributed by atoms with Crippen LogP contribution in [0.4, 0.5) is 11.4 Å². The number of benzene rings is 4. The Kier molecular flexibility index (Phi) is 7.06. The van der Waals surface area contributed by atoms with E-state index in [2.05, 4.69) is 10.3 Å². The van der Waals surface area contributed by atoms with E-state index in [1.807, 2.05) is 0 Å². The van der Waals surface area contributed by atoms with Crippen LogP contribution in [0, 0.1) is 6.92 Å². The van der Waals surface area contributed by atoms with E-state index in [1.54, 1.807) is 92.9 Å². The quantitative estimate of drug-likeness (QED) is 0.237. The lowest BCUT2D eigenvalue weighted by molar-refractivity contribution is 0.100. The summed E-state index contributed by atoms with van der Waals surface area (Å²) in [4.78, 5) is 27.8. The molecule has 4 aromatic carbocycles. The Morgan fingerprint density at radius 3 is 2.23 bits per heavy atom. The van der Waals surface area contributed by atoms with Crippen LogP contribution in [-0.2, 0) is 9.84 Å². The van der Waals surface area contributed by atoms with Gasteiger partial charge in [-0.15, -0.1) is 0 Å². The van der Waals surface area contributed by atoms with Gasteiger partial charge in [-0.05, 0) is 60.0 Å². The maximum Gasteiger partial charge on any atom is 0.252 e. The minimum atomic E-state index is -3.93. The summed E-state index contributed by atoms with van der Waals surface area (Å²) in [5.41, 5.74) is 10.1. The first-order valence-electron chi connectivity index (χ1n) is 12.3. The highest BCUT2D eigenvalue weighted by Gasteiger charge is 2.22. The topological polar surface area (TPSA) is 128 Å². The molecular formula is C31H25N3O5S. The van der Waals surface area contributed by atoms with Gasteiger partial charge in [0.1, 0.15) is 12.0 Å². The Hall–Kier alpha value is -5.02. The van der Waals surface area contributed by atoms with Gasteiger partial charge < -0.3 is 15.8 Å². The number of pyridine rings is 1. The molecule has 0 spiro atoms. The molecule has 0 unspecified atom stereocenters. The molecule has 40 heavy (non-hydrogen) atoms. The third-order valence-electron chi connectivity index (χ3n) is 6.59. The average molecular weight is 552 g/mol. The lowest BCUT2D eigenvalue weighted by Gasteiger charge is -2.16. The van der Waals surface area contributed by atoms with Gasteiger partial charge in [0.2, 0.25) is 9.84 Å². The van der Waals surface area contributed by atoms with E-state index in [9.17, 15) is 18.0 Å². The molecule has 0 aliphatic heterocycles. The van der Waals surface area contributed by atoms with Crippen LogP contribution >= 0.6 is 0 Å². The second kappa shape index (κ2) is 10.6. The van der Waals surface area contributed by atoms with Crippen molar-refractivity contribution in [1.82, 2.24) is 4.98 Å². The summed E-state index contributed by atoms with van der Waals surface area (Å²) in [7, 11) is -2.39. The van der Waals surface area contributed by atoms with Crippen LogP contribution in [-0.4, -0.2) is 32.7 Å². The number of aldehydes is 1. The molecule has 0 bridgehead atoms. The van der Waals surface area contributed by atoms with Crippen molar-refractivity contribution in [3.63, 3.8) is 0 Å². The van der Waals surface area contributed by atoms with Crippen LogP contribution in [0.2, 0.25) is 0 Å². The molecule has 8 nitrogen and oxygen atoms in total. The number of aryl methyl sites for hydroxylation is 1. The van der Waals surface area contributed by atoms with E-state index < -0.39 is 15.7 Å². The van der Waals surface area contributed by atoms with Crippen LogP contribution in [0.5, 0.6) is 5.75 Å². The number of nitrogens with zero attached hydrogens (tertiary/aromatic N) is 1. The molecule has 5 rings (SSSR count). The van der Waals surface area contributed by atoms with E-state index in [1.165, 1.54) is 12.3 Å². The van der Waals surface area contributed by atoms with Gasteiger partial charge in [0.15, 0.2) is 0 Å². The molecular weight excluding hydrogens is 526 g/mol. The Morgan fingerprint density at radius 2 is 1.60 bits per heavy atom. The Bertz CT molecular complexity index is 1870. The van der Waals surface area contributed by atoms with Gasteiger partial charge in [-0.3, -0.25) is 14.6 Å². The van der Waals surface area contributed by atoms with Crippen molar-refractivity contribution in [3.05, 3.63) is 108 Å². The molecule has 1 heterocycles. The number of aromatic nitrogens is 1. The van der Waals surface area contributed by atoms with E-state index in [0.29, 0.717) is 39.2 Å². The van der Waals surface area contributed by atoms with E-state index in [4.69, 9.17) is 10.5 Å². The fourth-order valence-electron chi connectivity index (χ4n) is 4.49. The molecule has 9 heteroatoms. The summed E-state index contributed by atoms with van der Waals surface area (Å²) >= 11 is 0. The van der Waals surface area contributed by atoms with E-state index in [-0.39, 0.29) is 15.4 Å². The summed E-state index contributed by atoms with van der Waals surface area (Å²) < 4.78 is 32.8. The monoisotopic (exact) mass is 551 g/mol. The smallest absolute Gasteiger partial charge is 0.252 e. The zero-order valence-electron chi connectivity index (χ0n) is 21.7. The van der Waals surface area contributed by atoms with Crippen LogP contribution < -0.4 is 15.8 Å². The van der Waals surface area contributed by atoms with Crippen molar-refractivity contribution >= 4 is 44.3 Å². The van der Waals surface area contributed by atoms with Crippen molar-refractivity contribution in [2.45, 2.75) is 16.7 Å². The van der Waals surface area contributed by atoms with Crippen LogP contribution in [0.15, 0.2) is 101 Å². The first-order valence-corrected chi connectivity index (χ1v) is 13.7. The zero-order chi connectivity index (χ0) is 28.4. The van der Waals surface area contributed by atoms with Crippen molar-refractivity contribution in [1.29, 1.82) is 0 Å². The molecule has 0 radical (unpaired) electrons. The van der Waals surface area contributed by atoms with Gasteiger partial charge >= 0.3 is 0 Å². The molecule has 200 valence electrons. The van der Waals surface area contributed by atoms with Gasteiger partial charge in [-0.25, -0.2) is 8.42 Å². The van der Waals surface area contributed by atoms with Gasteiger partial charge in [-0.2, -0.15) is 0 Å². The van der Waals surface area contributed by atoms with Gasteiger partial charge in [0.05, 0.1) is 33.7 Å². The Morgan fingerprint density at radius 1 is 0.925 bits per heavy atom. The largest absolute Gasteiger partial charge is 0.497 e. The summed E-state index contributed by atoms with van der Waals surface area (Å²) in [6.45, 7) is 1.76. The predicted octanol–water partition coefficient (Wildman–Crippen LogP) is 5.71.